The molecule has 0 bridgehead atoms. The van der Waals surface area contributed by atoms with Gasteiger partial charge in [0.15, 0.2) is 5.82 Å². The van der Waals surface area contributed by atoms with Crippen LogP contribution in [0.4, 0.5) is 11.8 Å². The molecule has 1 heterocycles. The molecule has 0 spiro atoms. The normalized spacial score (nSPS) is 10.2. The average Bonchev–Trinajstić information content (AvgIpc) is 2.26. The number of likely N-dealkylation sites (N-methyl/N-ethyl adjacent to an activating group) is 1. The number of hydrogen-bond donors (Lipinski definition) is 2. The molecule has 88 valence electrons. The monoisotopic (exact) mass is 222 g/mol. The molecular formula is C10H18N6. The van der Waals surface area contributed by atoms with Crippen LogP contribution in [0.3, 0.4) is 0 Å². The van der Waals surface area contributed by atoms with E-state index in [-0.39, 0.29) is 0 Å². The van der Waals surface area contributed by atoms with E-state index in [1.54, 1.807) is 12.3 Å². The van der Waals surface area contributed by atoms with E-state index >= 15 is 0 Å². The summed E-state index contributed by atoms with van der Waals surface area (Å²) in [6.45, 7) is 6.01. The third-order valence-electron chi connectivity index (χ3n) is 1.83. The van der Waals surface area contributed by atoms with E-state index in [1.807, 2.05) is 14.1 Å². The van der Waals surface area contributed by atoms with Gasteiger partial charge in [-0.2, -0.15) is 10.1 Å². The van der Waals surface area contributed by atoms with E-state index in [9.17, 15) is 0 Å². The van der Waals surface area contributed by atoms with Gasteiger partial charge < -0.3 is 15.5 Å². The minimum absolute atomic E-state index is 0.509. The molecule has 0 radical (unpaired) electrons. The van der Waals surface area contributed by atoms with Gasteiger partial charge >= 0.3 is 0 Å². The quantitative estimate of drug-likeness (QED) is 0.653. The lowest BCUT2D eigenvalue weighted by Crippen LogP contribution is -2.21. The number of nitrogens with one attached hydrogen (secondary N) is 2. The Morgan fingerprint density at radius 3 is 2.94 bits per heavy atom. The molecule has 6 heteroatoms. The van der Waals surface area contributed by atoms with E-state index in [0.29, 0.717) is 12.5 Å². The van der Waals surface area contributed by atoms with Crippen molar-refractivity contribution in [2.75, 3.05) is 44.4 Å². The van der Waals surface area contributed by atoms with Crippen molar-refractivity contribution in [3.8, 4) is 0 Å². The summed E-state index contributed by atoms with van der Waals surface area (Å²) in [7, 11) is 4.05. The van der Waals surface area contributed by atoms with Gasteiger partial charge in [-0.3, -0.25) is 0 Å². The van der Waals surface area contributed by atoms with Crippen molar-refractivity contribution < 1.29 is 0 Å². The summed E-state index contributed by atoms with van der Waals surface area (Å²) in [5, 5.41) is 13.9. The summed E-state index contributed by atoms with van der Waals surface area (Å²) >= 11 is 0. The molecule has 2 N–H and O–H groups in total. The number of nitrogens with zero attached hydrogens (tertiary/aromatic N) is 4. The fourth-order valence-electron chi connectivity index (χ4n) is 1.03. The third kappa shape index (κ3) is 4.70. The average molecular weight is 222 g/mol. The number of aromatic nitrogens is 3. The lowest BCUT2D eigenvalue weighted by atomic mass is 10.5. The Morgan fingerprint density at radius 2 is 2.25 bits per heavy atom. The minimum Gasteiger partial charge on any atom is -0.367 e. The fourth-order valence-corrected chi connectivity index (χ4v) is 1.03. The van der Waals surface area contributed by atoms with Gasteiger partial charge in [0.25, 0.3) is 0 Å². The van der Waals surface area contributed by atoms with Crippen molar-refractivity contribution in [3.05, 3.63) is 18.9 Å². The summed E-state index contributed by atoms with van der Waals surface area (Å²) in [5.41, 5.74) is 0. The van der Waals surface area contributed by atoms with Crippen molar-refractivity contribution >= 4 is 11.8 Å². The molecule has 0 aromatic carbocycles. The van der Waals surface area contributed by atoms with Crippen LogP contribution in [-0.4, -0.2) is 53.8 Å². The Hall–Kier alpha value is -1.69. The molecule has 0 saturated carbocycles. The predicted molar refractivity (Wildman–Crippen MR) is 65.6 cm³/mol. The maximum absolute atomic E-state index is 4.24. The molecular weight excluding hydrogens is 204 g/mol. The third-order valence-corrected chi connectivity index (χ3v) is 1.83. The molecule has 0 unspecified atom stereocenters. The van der Waals surface area contributed by atoms with Gasteiger partial charge in [-0.15, -0.1) is 11.7 Å². The SMILES string of the molecule is C=CCNc1nncc(NCCN(C)C)n1. The molecule has 0 fully saturated rings. The molecule has 0 aliphatic heterocycles. The van der Waals surface area contributed by atoms with Crippen LogP contribution in [-0.2, 0) is 0 Å². The molecule has 0 aliphatic rings. The summed E-state index contributed by atoms with van der Waals surface area (Å²) in [5.74, 6) is 1.23. The zero-order valence-corrected chi connectivity index (χ0v) is 9.77. The zero-order valence-electron chi connectivity index (χ0n) is 9.77. The van der Waals surface area contributed by atoms with Crippen LogP contribution in [0.5, 0.6) is 0 Å². The van der Waals surface area contributed by atoms with E-state index in [1.165, 1.54) is 0 Å². The second-order valence-electron chi connectivity index (χ2n) is 3.56. The van der Waals surface area contributed by atoms with Crippen LogP contribution < -0.4 is 10.6 Å². The van der Waals surface area contributed by atoms with Crippen LogP contribution in [0, 0.1) is 0 Å². The second-order valence-corrected chi connectivity index (χ2v) is 3.56. The predicted octanol–water partition coefficient (Wildman–Crippen LogP) is 0.443. The van der Waals surface area contributed by atoms with E-state index in [2.05, 4.69) is 37.3 Å². The Labute approximate surface area is 95.8 Å². The Morgan fingerprint density at radius 1 is 1.44 bits per heavy atom. The van der Waals surface area contributed by atoms with Crippen molar-refractivity contribution in [3.63, 3.8) is 0 Å². The topological polar surface area (TPSA) is 66.0 Å². The molecule has 6 nitrogen and oxygen atoms in total. The van der Waals surface area contributed by atoms with Crippen molar-refractivity contribution in [2.45, 2.75) is 0 Å². The van der Waals surface area contributed by atoms with Gasteiger partial charge in [-0.1, -0.05) is 6.08 Å². The van der Waals surface area contributed by atoms with Gasteiger partial charge in [-0.05, 0) is 14.1 Å². The van der Waals surface area contributed by atoms with Gasteiger partial charge in [0.1, 0.15) is 0 Å². The maximum atomic E-state index is 4.24. The highest BCUT2D eigenvalue weighted by Gasteiger charge is 1.98. The molecule has 1 aromatic rings. The van der Waals surface area contributed by atoms with E-state index in [0.717, 1.165) is 18.9 Å². The first-order valence-corrected chi connectivity index (χ1v) is 5.15. The fraction of sp³-hybridized carbons (Fsp3) is 0.500. The van der Waals surface area contributed by atoms with Crippen LogP contribution >= 0.6 is 0 Å². The Bertz CT molecular complexity index is 325. The molecule has 16 heavy (non-hydrogen) atoms. The lowest BCUT2D eigenvalue weighted by Gasteiger charge is -2.10. The van der Waals surface area contributed by atoms with Gasteiger partial charge in [0.05, 0.1) is 6.20 Å². The molecule has 0 amide bonds. The Kier molecular flexibility index (Phi) is 5.21. The summed E-state index contributed by atoms with van der Waals surface area (Å²) < 4.78 is 0. The molecule has 0 aliphatic carbocycles. The van der Waals surface area contributed by atoms with Gasteiger partial charge in [0.2, 0.25) is 5.95 Å². The van der Waals surface area contributed by atoms with E-state index in [4.69, 9.17) is 0 Å². The van der Waals surface area contributed by atoms with Gasteiger partial charge in [-0.25, -0.2) is 0 Å². The number of anilines is 2. The molecule has 0 atom stereocenters. The van der Waals surface area contributed by atoms with Crippen LogP contribution in [0.15, 0.2) is 18.9 Å². The lowest BCUT2D eigenvalue weighted by molar-refractivity contribution is 0.425. The Balaban J connectivity index is 2.43. The van der Waals surface area contributed by atoms with Crippen molar-refractivity contribution in [1.82, 2.24) is 20.1 Å². The molecule has 0 saturated heterocycles. The first kappa shape index (κ1) is 12.4. The van der Waals surface area contributed by atoms with Crippen LogP contribution in [0.2, 0.25) is 0 Å². The molecule has 1 rings (SSSR count). The number of rotatable bonds is 7. The van der Waals surface area contributed by atoms with E-state index < -0.39 is 0 Å². The maximum Gasteiger partial charge on any atom is 0.244 e. The van der Waals surface area contributed by atoms with Crippen molar-refractivity contribution in [1.29, 1.82) is 0 Å². The minimum atomic E-state index is 0.509. The van der Waals surface area contributed by atoms with Crippen molar-refractivity contribution in [2.24, 2.45) is 0 Å². The highest BCUT2D eigenvalue weighted by atomic mass is 15.3. The zero-order chi connectivity index (χ0) is 11.8. The second kappa shape index (κ2) is 6.73. The highest BCUT2D eigenvalue weighted by molar-refractivity contribution is 5.37. The summed E-state index contributed by atoms with van der Waals surface area (Å²) in [6, 6.07) is 0. The number of hydrogen-bond acceptors (Lipinski definition) is 6. The highest BCUT2D eigenvalue weighted by Crippen LogP contribution is 2.02. The standard InChI is InChI=1S/C10H18N6/c1-4-5-12-10-14-9(8-13-15-10)11-6-7-16(2)3/h4,8H,1,5-7H2,2-3H3,(H2,11,12,14,15). The van der Waals surface area contributed by atoms with Crippen LogP contribution in [0.25, 0.3) is 0 Å². The van der Waals surface area contributed by atoms with Crippen LogP contribution in [0.1, 0.15) is 0 Å². The smallest absolute Gasteiger partial charge is 0.244 e. The van der Waals surface area contributed by atoms with Gasteiger partial charge in [0, 0.05) is 19.6 Å². The summed E-state index contributed by atoms with van der Waals surface area (Å²) in [4.78, 5) is 6.34. The first-order chi connectivity index (χ1) is 7.72. The molecule has 1 aromatic heterocycles. The first-order valence-electron chi connectivity index (χ1n) is 5.15. The summed E-state index contributed by atoms with van der Waals surface area (Å²) in [6.07, 6.45) is 3.35. The largest absolute Gasteiger partial charge is 0.367 e.